The molecule has 4 rings (SSSR count). The van der Waals surface area contributed by atoms with Gasteiger partial charge in [0.2, 0.25) is 5.88 Å². The third-order valence-corrected chi connectivity index (χ3v) is 5.73. The Hall–Kier alpha value is -2.07. The van der Waals surface area contributed by atoms with Crippen LogP contribution < -0.4 is 14.8 Å². The summed E-state index contributed by atoms with van der Waals surface area (Å²) in [6.45, 7) is 5.42. The first-order valence-electron chi connectivity index (χ1n) is 10.6. The number of benzene rings is 1. The number of nitrogens with one attached hydrogen (secondary N) is 1. The average molecular weight is 538 g/mol. The molecule has 1 spiro atoms. The van der Waals surface area contributed by atoms with Gasteiger partial charge in [0.25, 0.3) is 0 Å². The maximum absolute atomic E-state index is 5.66. The minimum absolute atomic E-state index is 0. The highest BCUT2D eigenvalue weighted by Crippen LogP contribution is 2.38. The van der Waals surface area contributed by atoms with Crippen LogP contribution in [0.2, 0.25) is 0 Å². The summed E-state index contributed by atoms with van der Waals surface area (Å²) in [6.07, 6.45) is 4.17. The molecule has 2 aromatic rings. The van der Waals surface area contributed by atoms with Crippen molar-refractivity contribution in [3.63, 3.8) is 0 Å². The molecule has 0 amide bonds. The third-order valence-electron chi connectivity index (χ3n) is 5.73. The lowest BCUT2D eigenvalue weighted by Crippen LogP contribution is -2.41. The molecule has 1 aromatic carbocycles. The second-order valence-corrected chi connectivity index (χ2v) is 7.89. The number of halogens is 1. The number of nitrogens with zero attached hydrogens (tertiary/aromatic N) is 3. The van der Waals surface area contributed by atoms with Crippen molar-refractivity contribution in [1.29, 1.82) is 0 Å². The molecule has 0 radical (unpaired) electrons. The van der Waals surface area contributed by atoms with E-state index < -0.39 is 0 Å². The van der Waals surface area contributed by atoms with Gasteiger partial charge in [-0.1, -0.05) is 24.3 Å². The van der Waals surface area contributed by atoms with Gasteiger partial charge in [0, 0.05) is 51.0 Å². The monoisotopic (exact) mass is 538 g/mol. The topological polar surface area (TPSA) is 68.2 Å². The van der Waals surface area contributed by atoms with Crippen LogP contribution in [0.3, 0.4) is 0 Å². The number of rotatable bonds is 7. The maximum atomic E-state index is 5.66. The van der Waals surface area contributed by atoms with Crippen LogP contribution in [0.4, 0.5) is 0 Å². The van der Waals surface area contributed by atoms with Gasteiger partial charge in [0.1, 0.15) is 19.0 Å². The van der Waals surface area contributed by atoms with Crippen molar-refractivity contribution >= 4 is 29.9 Å². The standard InChI is InChI=1S/C23H30N4O3.HI/c1-24-22(27-11-9-23(17-27)10-12-28-18-23)26-16-19-7-8-21(25-15-19)30-14-13-29-20-5-3-2-4-6-20;/h2-8,15H,9-14,16-18H2,1H3,(H,24,26);1H. The molecule has 8 heteroatoms. The number of aromatic nitrogens is 1. The molecule has 1 unspecified atom stereocenters. The van der Waals surface area contributed by atoms with Crippen LogP contribution in [0.15, 0.2) is 53.7 Å². The number of hydrogen-bond acceptors (Lipinski definition) is 5. The van der Waals surface area contributed by atoms with E-state index in [9.17, 15) is 0 Å². The highest BCUT2D eigenvalue weighted by molar-refractivity contribution is 14.0. The summed E-state index contributed by atoms with van der Waals surface area (Å²) in [7, 11) is 1.84. The highest BCUT2D eigenvalue weighted by atomic mass is 127. The van der Waals surface area contributed by atoms with Crippen molar-refractivity contribution in [3.05, 3.63) is 54.2 Å². The van der Waals surface area contributed by atoms with Crippen molar-refractivity contribution in [3.8, 4) is 11.6 Å². The minimum Gasteiger partial charge on any atom is -0.490 e. The number of pyridine rings is 1. The van der Waals surface area contributed by atoms with Crippen molar-refractivity contribution < 1.29 is 14.2 Å². The molecule has 31 heavy (non-hydrogen) atoms. The Morgan fingerprint density at radius 2 is 2.00 bits per heavy atom. The predicted molar refractivity (Wildman–Crippen MR) is 131 cm³/mol. The Morgan fingerprint density at radius 1 is 1.16 bits per heavy atom. The lowest BCUT2D eigenvalue weighted by atomic mass is 9.87. The van der Waals surface area contributed by atoms with Gasteiger partial charge in [-0.2, -0.15) is 0 Å². The summed E-state index contributed by atoms with van der Waals surface area (Å²) in [5.74, 6) is 2.38. The molecule has 1 aromatic heterocycles. The van der Waals surface area contributed by atoms with Gasteiger partial charge in [-0.25, -0.2) is 4.98 Å². The largest absolute Gasteiger partial charge is 0.490 e. The molecular weight excluding hydrogens is 507 g/mol. The first-order valence-corrected chi connectivity index (χ1v) is 10.6. The van der Waals surface area contributed by atoms with Crippen LogP contribution >= 0.6 is 24.0 Å². The number of aliphatic imine (C=N–C) groups is 1. The predicted octanol–water partition coefficient (Wildman–Crippen LogP) is 3.35. The van der Waals surface area contributed by atoms with Crippen molar-refractivity contribution in [1.82, 2.24) is 15.2 Å². The average Bonchev–Trinajstić information content (AvgIpc) is 3.43. The highest BCUT2D eigenvalue weighted by Gasteiger charge is 2.42. The van der Waals surface area contributed by atoms with Crippen LogP contribution in [0.5, 0.6) is 11.6 Å². The Bertz CT molecular complexity index is 826. The number of para-hydroxylation sites is 1. The first kappa shape index (κ1) is 23.6. The van der Waals surface area contributed by atoms with Gasteiger partial charge < -0.3 is 24.4 Å². The Labute approximate surface area is 201 Å². The Morgan fingerprint density at radius 3 is 2.71 bits per heavy atom. The Kier molecular flexibility index (Phi) is 8.77. The summed E-state index contributed by atoms with van der Waals surface area (Å²) >= 11 is 0. The second-order valence-electron chi connectivity index (χ2n) is 7.89. The van der Waals surface area contributed by atoms with Crippen LogP contribution in [0.1, 0.15) is 18.4 Å². The molecular formula is C23H31IN4O3. The van der Waals surface area contributed by atoms with E-state index in [2.05, 4.69) is 20.2 Å². The van der Waals surface area contributed by atoms with Gasteiger partial charge in [-0.05, 0) is 30.5 Å². The van der Waals surface area contributed by atoms with Crippen LogP contribution in [-0.2, 0) is 11.3 Å². The van der Waals surface area contributed by atoms with Gasteiger partial charge in [0.05, 0.1) is 6.61 Å². The van der Waals surface area contributed by atoms with Crippen LogP contribution in [0.25, 0.3) is 0 Å². The molecule has 2 aliphatic rings. The fourth-order valence-electron chi connectivity index (χ4n) is 4.02. The fraction of sp³-hybridized carbons (Fsp3) is 0.478. The van der Waals surface area contributed by atoms with E-state index in [1.807, 2.05) is 55.7 Å². The number of ether oxygens (including phenoxy) is 3. The molecule has 0 saturated carbocycles. The molecule has 1 N–H and O–H groups in total. The normalized spacial score (nSPS) is 20.5. The number of likely N-dealkylation sites (tertiary alicyclic amines) is 1. The second kappa shape index (κ2) is 11.5. The zero-order chi connectivity index (χ0) is 20.7. The van der Waals surface area contributed by atoms with Crippen LogP contribution in [0, 0.1) is 5.41 Å². The van der Waals surface area contributed by atoms with Crippen molar-refractivity contribution in [2.24, 2.45) is 10.4 Å². The summed E-state index contributed by atoms with van der Waals surface area (Å²) < 4.78 is 16.9. The third kappa shape index (κ3) is 6.46. The molecule has 1 atom stereocenters. The lowest BCUT2D eigenvalue weighted by molar-refractivity contribution is 0.156. The smallest absolute Gasteiger partial charge is 0.213 e. The van der Waals surface area contributed by atoms with E-state index in [-0.39, 0.29) is 24.0 Å². The molecule has 3 heterocycles. The van der Waals surface area contributed by atoms with E-state index >= 15 is 0 Å². The number of guanidine groups is 1. The molecule has 7 nitrogen and oxygen atoms in total. The van der Waals surface area contributed by atoms with Crippen LogP contribution in [-0.4, -0.2) is 62.4 Å². The fourth-order valence-corrected chi connectivity index (χ4v) is 4.02. The van der Waals surface area contributed by atoms with E-state index in [0.29, 0.717) is 31.1 Å². The van der Waals surface area contributed by atoms with E-state index in [1.165, 1.54) is 6.42 Å². The van der Waals surface area contributed by atoms with Gasteiger partial charge in [0.15, 0.2) is 5.96 Å². The molecule has 2 saturated heterocycles. The van der Waals surface area contributed by atoms with E-state index in [0.717, 1.165) is 50.0 Å². The zero-order valence-electron chi connectivity index (χ0n) is 18.0. The van der Waals surface area contributed by atoms with Gasteiger partial charge in [-0.15, -0.1) is 24.0 Å². The molecule has 2 fully saturated rings. The number of hydrogen-bond donors (Lipinski definition) is 1. The minimum atomic E-state index is 0. The SMILES string of the molecule is CN=C(NCc1ccc(OCCOc2ccccc2)nc1)N1CCC2(CCOC2)C1.I. The summed E-state index contributed by atoms with van der Waals surface area (Å²) in [5, 5.41) is 3.46. The first-order chi connectivity index (χ1) is 14.8. The van der Waals surface area contributed by atoms with E-state index in [1.54, 1.807) is 0 Å². The van der Waals surface area contributed by atoms with E-state index in [4.69, 9.17) is 14.2 Å². The van der Waals surface area contributed by atoms with Gasteiger partial charge in [-0.3, -0.25) is 4.99 Å². The lowest BCUT2D eigenvalue weighted by Gasteiger charge is -2.25. The summed E-state index contributed by atoms with van der Waals surface area (Å²) in [6, 6.07) is 13.6. The summed E-state index contributed by atoms with van der Waals surface area (Å²) in [5.41, 5.74) is 1.41. The summed E-state index contributed by atoms with van der Waals surface area (Å²) in [4.78, 5) is 11.2. The van der Waals surface area contributed by atoms with Crippen molar-refractivity contribution in [2.45, 2.75) is 19.4 Å². The molecule has 2 aliphatic heterocycles. The molecule has 168 valence electrons. The van der Waals surface area contributed by atoms with Crippen molar-refractivity contribution in [2.75, 3.05) is 46.6 Å². The molecule has 0 aliphatic carbocycles. The quantitative estimate of drug-likeness (QED) is 0.253. The van der Waals surface area contributed by atoms with Gasteiger partial charge >= 0.3 is 0 Å². The Balaban J connectivity index is 0.00000272. The maximum Gasteiger partial charge on any atom is 0.213 e. The molecule has 0 bridgehead atoms. The zero-order valence-corrected chi connectivity index (χ0v) is 20.3.